The lowest BCUT2D eigenvalue weighted by molar-refractivity contribution is 0.392. The molecule has 0 aliphatic carbocycles. The van der Waals surface area contributed by atoms with Crippen molar-refractivity contribution in [3.05, 3.63) is 22.8 Å². The van der Waals surface area contributed by atoms with Gasteiger partial charge in [-0.2, -0.15) is 0 Å². The molecule has 1 saturated heterocycles. The van der Waals surface area contributed by atoms with Crippen LogP contribution in [-0.4, -0.2) is 24.6 Å². The quantitative estimate of drug-likeness (QED) is 0.843. The Kier molecular flexibility index (Phi) is 6.09. The zero-order valence-electron chi connectivity index (χ0n) is 9.08. The third-order valence-electron chi connectivity index (χ3n) is 2.69. The molecular formula is C11H17BrClN3. The topological polar surface area (TPSA) is 37.0 Å². The highest BCUT2D eigenvalue weighted by Gasteiger charge is 2.12. The van der Waals surface area contributed by atoms with Gasteiger partial charge < -0.3 is 10.6 Å². The minimum absolute atomic E-state index is 0. The molecule has 0 spiro atoms. The van der Waals surface area contributed by atoms with E-state index in [9.17, 15) is 0 Å². The minimum Gasteiger partial charge on any atom is -0.370 e. The van der Waals surface area contributed by atoms with Crippen molar-refractivity contribution in [2.75, 3.05) is 25.0 Å². The van der Waals surface area contributed by atoms with Crippen molar-refractivity contribution < 1.29 is 0 Å². The molecule has 1 aromatic rings. The summed E-state index contributed by atoms with van der Waals surface area (Å²) in [5.41, 5.74) is 0. The maximum absolute atomic E-state index is 4.34. The highest BCUT2D eigenvalue weighted by Crippen LogP contribution is 2.13. The third-order valence-corrected chi connectivity index (χ3v) is 3.13. The van der Waals surface area contributed by atoms with E-state index in [0.29, 0.717) is 0 Å². The molecule has 1 unspecified atom stereocenters. The van der Waals surface area contributed by atoms with Gasteiger partial charge in [0, 0.05) is 6.54 Å². The van der Waals surface area contributed by atoms with Crippen LogP contribution in [0.2, 0.25) is 0 Å². The first-order chi connectivity index (χ1) is 7.34. The molecule has 3 nitrogen and oxygen atoms in total. The number of aromatic nitrogens is 1. The fourth-order valence-electron chi connectivity index (χ4n) is 1.85. The molecule has 0 bridgehead atoms. The van der Waals surface area contributed by atoms with Gasteiger partial charge >= 0.3 is 0 Å². The van der Waals surface area contributed by atoms with Crippen LogP contribution < -0.4 is 10.6 Å². The van der Waals surface area contributed by atoms with Gasteiger partial charge in [-0.15, -0.1) is 12.4 Å². The Morgan fingerprint density at radius 2 is 2.38 bits per heavy atom. The lowest BCUT2D eigenvalue weighted by atomic mass is 10.00. The number of piperidine rings is 1. The lowest BCUT2D eigenvalue weighted by Crippen LogP contribution is -2.33. The van der Waals surface area contributed by atoms with Gasteiger partial charge in [-0.3, -0.25) is 0 Å². The average Bonchev–Trinajstić information content (AvgIpc) is 2.28. The summed E-state index contributed by atoms with van der Waals surface area (Å²) in [6, 6.07) is 5.94. The molecule has 0 saturated carbocycles. The van der Waals surface area contributed by atoms with Gasteiger partial charge in [-0.1, -0.05) is 6.07 Å². The second-order valence-corrected chi connectivity index (χ2v) is 4.75. The maximum Gasteiger partial charge on any atom is 0.127 e. The Labute approximate surface area is 111 Å². The molecule has 90 valence electrons. The van der Waals surface area contributed by atoms with Crippen LogP contribution in [0.4, 0.5) is 5.82 Å². The number of rotatable bonds is 3. The van der Waals surface area contributed by atoms with Gasteiger partial charge in [0.2, 0.25) is 0 Å². The van der Waals surface area contributed by atoms with Gasteiger partial charge in [0.05, 0.1) is 0 Å². The Hall–Kier alpha value is -0.320. The third kappa shape index (κ3) is 4.28. The van der Waals surface area contributed by atoms with E-state index in [4.69, 9.17) is 0 Å². The summed E-state index contributed by atoms with van der Waals surface area (Å²) < 4.78 is 0.884. The maximum atomic E-state index is 4.34. The van der Waals surface area contributed by atoms with Crippen LogP contribution in [0.5, 0.6) is 0 Å². The van der Waals surface area contributed by atoms with Crippen LogP contribution in [0, 0.1) is 5.92 Å². The summed E-state index contributed by atoms with van der Waals surface area (Å²) in [6.45, 7) is 3.31. The highest BCUT2D eigenvalue weighted by molar-refractivity contribution is 9.10. The van der Waals surface area contributed by atoms with Gasteiger partial charge in [0.25, 0.3) is 0 Å². The molecule has 16 heavy (non-hydrogen) atoms. The van der Waals surface area contributed by atoms with Crippen LogP contribution in [-0.2, 0) is 0 Å². The van der Waals surface area contributed by atoms with Crippen molar-refractivity contribution in [1.82, 2.24) is 10.3 Å². The summed E-state index contributed by atoms with van der Waals surface area (Å²) in [4.78, 5) is 4.34. The molecular weight excluding hydrogens is 289 g/mol. The van der Waals surface area contributed by atoms with E-state index >= 15 is 0 Å². The van der Waals surface area contributed by atoms with E-state index in [1.54, 1.807) is 0 Å². The minimum atomic E-state index is 0. The second-order valence-electron chi connectivity index (χ2n) is 3.94. The van der Waals surface area contributed by atoms with Crippen LogP contribution in [0.25, 0.3) is 0 Å². The van der Waals surface area contributed by atoms with Crippen molar-refractivity contribution in [3.63, 3.8) is 0 Å². The molecule has 0 amide bonds. The molecule has 1 atom stereocenters. The first kappa shape index (κ1) is 13.7. The normalized spacial score (nSPS) is 19.9. The van der Waals surface area contributed by atoms with E-state index in [0.717, 1.165) is 29.4 Å². The van der Waals surface area contributed by atoms with Crippen molar-refractivity contribution in [2.24, 2.45) is 5.92 Å². The predicted octanol–water partition coefficient (Wildman–Crippen LogP) is 2.68. The molecule has 1 aliphatic rings. The van der Waals surface area contributed by atoms with Gasteiger partial charge in [0.15, 0.2) is 0 Å². The summed E-state index contributed by atoms with van der Waals surface area (Å²) in [5.74, 6) is 1.69. The zero-order valence-corrected chi connectivity index (χ0v) is 11.5. The van der Waals surface area contributed by atoms with Crippen molar-refractivity contribution in [3.8, 4) is 0 Å². The molecule has 1 aliphatic heterocycles. The molecule has 0 radical (unpaired) electrons. The molecule has 0 aromatic carbocycles. The van der Waals surface area contributed by atoms with E-state index in [-0.39, 0.29) is 12.4 Å². The first-order valence-electron chi connectivity index (χ1n) is 5.42. The molecule has 1 fully saturated rings. The van der Waals surface area contributed by atoms with Gasteiger partial charge in [-0.05, 0) is 59.9 Å². The Morgan fingerprint density at radius 3 is 3.06 bits per heavy atom. The molecule has 2 rings (SSSR count). The summed E-state index contributed by atoms with van der Waals surface area (Å²) in [6.07, 6.45) is 2.60. The smallest absolute Gasteiger partial charge is 0.127 e. The lowest BCUT2D eigenvalue weighted by Gasteiger charge is -2.23. The van der Waals surface area contributed by atoms with Crippen LogP contribution in [0.15, 0.2) is 22.8 Å². The second kappa shape index (κ2) is 7.09. The summed E-state index contributed by atoms with van der Waals surface area (Å²) >= 11 is 3.36. The number of hydrogen-bond donors (Lipinski definition) is 2. The van der Waals surface area contributed by atoms with Crippen molar-refractivity contribution >= 4 is 34.2 Å². The number of anilines is 1. The van der Waals surface area contributed by atoms with E-state index in [1.165, 1.54) is 19.4 Å². The number of nitrogens with zero attached hydrogens (tertiary/aromatic N) is 1. The van der Waals surface area contributed by atoms with E-state index in [2.05, 4.69) is 31.5 Å². The first-order valence-corrected chi connectivity index (χ1v) is 6.21. The average molecular weight is 307 g/mol. The Bertz CT molecular complexity index is 316. The number of hydrogen-bond acceptors (Lipinski definition) is 3. The summed E-state index contributed by atoms with van der Waals surface area (Å²) in [7, 11) is 0. The predicted molar refractivity (Wildman–Crippen MR) is 73.3 cm³/mol. The largest absolute Gasteiger partial charge is 0.370 e. The number of pyridine rings is 1. The highest BCUT2D eigenvalue weighted by atomic mass is 79.9. The van der Waals surface area contributed by atoms with E-state index < -0.39 is 0 Å². The molecule has 1 aromatic heterocycles. The zero-order chi connectivity index (χ0) is 10.5. The fraction of sp³-hybridized carbons (Fsp3) is 0.545. The van der Waals surface area contributed by atoms with Gasteiger partial charge in [-0.25, -0.2) is 4.98 Å². The van der Waals surface area contributed by atoms with Crippen molar-refractivity contribution in [1.29, 1.82) is 0 Å². The van der Waals surface area contributed by atoms with Gasteiger partial charge in [0.1, 0.15) is 10.4 Å². The van der Waals surface area contributed by atoms with Crippen LogP contribution >= 0.6 is 28.3 Å². The monoisotopic (exact) mass is 305 g/mol. The Morgan fingerprint density at radius 1 is 1.50 bits per heavy atom. The number of nitrogens with one attached hydrogen (secondary N) is 2. The summed E-state index contributed by atoms with van der Waals surface area (Å²) in [5, 5.41) is 6.79. The number of halogens is 2. The fourth-order valence-corrected chi connectivity index (χ4v) is 2.20. The van der Waals surface area contributed by atoms with Crippen molar-refractivity contribution in [2.45, 2.75) is 12.8 Å². The van der Waals surface area contributed by atoms with Crippen LogP contribution in [0.3, 0.4) is 0 Å². The Balaban J connectivity index is 0.00000128. The molecule has 5 heteroatoms. The molecule has 2 N–H and O–H groups in total. The van der Waals surface area contributed by atoms with E-state index in [1.807, 2.05) is 18.2 Å². The van der Waals surface area contributed by atoms with Crippen LogP contribution in [0.1, 0.15) is 12.8 Å². The SMILES string of the molecule is Brc1cccc(NCC2CCCNC2)n1.Cl. The standard InChI is InChI=1S/C11H16BrN3.ClH/c12-10-4-1-5-11(15-10)14-8-9-3-2-6-13-7-9;/h1,4-5,9,13H,2-3,6-8H2,(H,14,15);1H. The molecule has 2 heterocycles.